The van der Waals surface area contributed by atoms with Crippen LogP contribution in [0.15, 0.2) is 36.4 Å². The fourth-order valence-electron chi connectivity index (χ4n) is 1.55. The number of carbonyl (C=O) groups is 1. The summed E-state index contributed by atoms with van der Waals surface area (Å²) in [5.41, 5.74) is 1.91. The molecule has 0 fully saturated rings. The highest BCUT2D eigenvalue weighted by Gasteiger charge is 2.05. The van der Waals surface area contributed by atoms with E-state index in [1.807, 2.05) is 37.3 Å². The summed E-state index contributed by atoms with van der Waals surface area (Å²) in [6, 6.07) is 11.4. The number of rotatable bonds is 4. The number of nitrogens with zero attached hydrogens (tertiary/aromatic N) is 1. The van der Waals surface area contributed by atoms with Crippen LogP contribution in [-0.4, -0.2) is 22.8 Å². The summed E-state index contributed by atoms with van der Waals surface area (Å²) in [5, 5.41) is 12.3. The number of aromatic amines is 1. The van der Waals surface area contributed by atoms with Gasteiger partial charge in [0.15, 0.2) is 5.82 Å². The standard InChI is InChI=1S/C13H16N4O/c1-2-8-14-13(18)15-12-9-11(16-17-12)10-6-4-3-5-7-10/h3-7,9H,2,8H2,1H3,(H3,14,15,16,17,18). The Morgan fingerprint density at radius 1 is 1.33 bits per heavy atom. The van der Waals surface area contributed by atoms with Gasteiger partial charge in [-0.3, -0.25) is 10.4 Å². The molecule has 1 aromatic carbocycles. The van der Waals surface area contributed by atoms with Crippen LogP contribution in [0.4, 0.5) is 10.6 Å². The van der Waals surface area contributed by atoms with Crippen LogP contribution in [0.1, 0.15) is 13.3 Å². The second-order valence-corrected chi connectivity index (χ2v) is 3.91. The molecule has 3 N–H and O–H groups in total. The van der Waals surface area contributed by atoms with Crippen molar-refractivity contribution in [1.82, 2.24) is 15.5 Å². The molecule has 0 radical (unpaired) electrons. The quantitative estimate of drug-likeness (QED) is 0.773. The summed E-state index contributed by atoms with van der Waals surface area (Å²) in [6.45, 7) is 2.66. The van der Waals surface area contributed by atoms with Crippen molar-refractivity contribution >= 4 is 11.8 Å². The molecule has 5 heteroatoms. The number of amides is 2. The molecule has 0 saturated heterocycles. The maximum absolute atomic E-state index is 11.4. The Hall–Kier alpha value is -2.30. The minimum Gasteiger partial charge on any atom is -0.338 e. The number of hydrogen-bond donors (Lipinski definition) is 3. The molecule has 0 atom stereocenters. The first-order valence-corrected chi connectivity index (χ1v) is 5.95. The van der Waals surface area contributed by atoms with Crippen LogP contribution >= 0.6 is 0 Å². The van der Waals surface area contributed by atoms with Gasteiger partial charge in [0, 0.05) is 12.6 Å². The van der Waals surface area contributed by atoms with E-state index >= 15 is 0 Å². The van der Waals surface area contributed by atoms with E-state index in [4.69, 9.17) is 0 Å². The van der Waals surface area contributed by atoms with Gasteiger partial charge in [0.05, 0.1) is 5.69 Å². The van der Waals surface area contributed by atoms with E-state index < -0.39 is 0 Å². The van der Waals surface area contributed by atoms with Crippen LogP contribution in [0.3, 0.4) is 0 Å². The number of urea groups is 1. The zero-order valence-electron chi connectivity index (χ0n) is 10.2. The first kappa shape index (κ1) is 12.2. The van der Waals surface area contributed by atoms with Crippen molar-refractivity contribution < 1.29 is 4.79 Å². The van der Waals surface area contributed by atoms with E-state index in [0.717, 1.165) is 17.7 Å². The lowest BCUT2D eigenvalue weighted by Gasteiger charge is -2.02. The number of nitrogens with one attached hydrogen (secondary N) is 3. The van der Waals surface area contributed by atoms with Gasteiger partial charge < -0.3 is 5.32 Å². The summed E-state index contributed by atoms with van der Waals surface area (Å²) in [5.74, 6) is 0.516. The predicted molar refractivity (Wildman–Crippen MR) is 71.3 cm³/mol. The molecule has 1 heterocycles. The van der Waals surface area contributed by atoms with Crippen molar-refractivity contribution in [2.45, 2.75) is 13.3 Å². The highest BCUT2D eigenvalue weighted by Crippen LogP contribution is 2.18. The summed E-state index contributed by atoms with van der Waals surface area (Å²) in [6.07, 6.45) is 0.906. The van der Waals surface area contributed by atoms with E-state index in [1.54, 1.807) is 6.07 Å². The van der Waals surface area contributed by atoms with Crippen LogP contribution in [0.2, 0.25) is 0 Å². The van der Waals surface area contributed by atoms with Gasteiger partial charge in [-0.25, -0.2) is 4.79 Å². The zero-order chi connectivity index (χ0) is 12.8. The zero-order valence-corrected chi connectivity index (χ0v) is 10.2. The number of H-pyrrole nitrogens is 1. The minimum atomic E-state index is -0.233. The third kappa shape index (κ3) is 3.10. The monoisotopic (exact) mass is 244 g/mol. The first-order valence-electron chi connectivity index (χ1n) is 5.95. The van der Waals surface area contributed by atoms with Crippen LogP contribution in [0.5, 0.6) is 0 Å². The number of hydrogen-bond acceptors (Lipinski definition) is 2. The molecule has 2 amide bonds. The van der Waals surface area contributed by atoms with E-state index in [0.29, 0.717) is 12.4 Å². The SMILES string of the molecule is CCCNC(=O)Nc1cc(-c2ccccc2)[nH]n1. The van der Waals surface area contributed by atoms with Crippen molar-refractivity contribution in [3.8, 4) is 11.3 Å². The van der Waals surface area contributed by atoms with Gasteiger partial charge in [0.2, 0.25) is 0 Å². The Labute approximate surface area is 106 Å². The second kappa shape index (κ2) is 5.86. The van der Waals surface area contributed by atoms with Crippen LogP contribution in [0.25, 0.3) is 11.3 Å². The molecule has 94 valence electrons. The lowest BCUT2D eigenvalue weighted by Crippen LogP contribution is -2.29. The minimum absolute atomic E-state index is 0.233. The van der Waals surface area contributed by atoms with E-state index in [1.165, 1.54) is 0 Å². The number of benzene rings is 1. The summed E-state index contributed by atoms with van der Waals surface area (Å²) in [4.78, 5) is 11.4. The van der Waals surface area contributed by atoms with Gasteiger partial charge in [-0.05, 0) is 12.0 Å². The molecule has 0 aliphatic rings. The lowest BCUT2D eigenvalue weighted by atomic mass is 10.2. The summed E-state index contributed by atoms with van der Waals surface area (Å²) < 4.78 is 0. The van der Waals surface area contributed by atoms with Crippen molar-refractivity contribution in [2.24, 2.45) is 0 Å². The summed E-state index contributed by atoms with van der Waals surface area (Å²) in [7, 11) is 0. The van der Waals surface area contributed by atoms with Crippen molar-refractivity contribution in [3.63, 3.8) is 0 Å². The number of anilines is 1. The highest BCUT2D eigenvalue weighted by molar-refractivity contribution is 5.88. The Morgan fingerprint density at radius 2 is 2.11 bits per heavy atom. The van der Waals surface area contributed by atoms with Gasteiger partial charge in [-0.15, -0.1) is 0 Å². The van der Waals surface area contributed by atoms with Crippen molar-refractivity contribution in [3.05, 3.63) is 36.4 Å². The Balaban J connectivity index is 2.00. The van der Waals surface area contributed by atoms with Crippen LogP contribution in [-0.2, 0) is 0 Å². The Kier molecular flexibility index (Phi) is 3.96. The van der Waals surface area contributed by atoms with E-state index in [2.05, 4.69) is 20.8 Å². The molecular weight excluding hydrogens is 228 g/mol. The molecule has 0 spiro atoms. The molecule has 0 saturated carbocycles. The van der Waals surface area contributed by atoms with Crippen LogP contribution in [0, 0.1) is 0 Å². The van der Waals surface area contributed by atoms with Gasteiger partial charge in [-0.2, -0.15) is 5.10 Å². The van der Waals surface area contributed by atoms with Crippen molar-refractivity contribution in [1.29, 1.82) is 0 Å². The van der Waals surface area contributed by atoms with Crippen molar-refractivity contribution in [2.75, 3.05) is 11.9 Å². The number of aromatic nitrogens is 2. The maximum Gasteiger partial charge on any atom is 0.320 e. The molecule has 0 aliphatic heterocycles. The average molecular weight is 244 g/mol. The van der Waals surface area contributed by atoms with Gasteiger partial charge in [0.25, 0.3) is 0 Å². The molecule has 2 aromatic rings. The second-order valence-electron chi connectivity index (χ2n) is 3.91. The van der Waals surface area contributed by atoms with Gasteiger partial charge in [0.1, 0.15) is 0 Å². The third-order valence-corrected chi connectivity index (χ3v) is 2.44. The Morgan fingerprint density at radius 3 is 2.83 bits per heavy atom. The van der Waals surface area contributed by atoms with E-state index in [9.17, 15) is 4.79 Å². The topological polar surface area (TPSA) is 69.8 Å². The molecule has 0 aliphatic carbocycles. The number of carbonyl (C=O) groups excluding carboxylic acids is 1. The highest BCUT2D eigenvalue weighted by atomic mass is 16.2. The maximum atomic E-state index is 11.4. The first-order chi connectivity index (χ1) is 8.79. The van der Waals surface area contributed by atoms with Gasteiger partial charge >= 0.3 is 6.03 Å². The molecule has 0 unspecified atom stereocenters. The predicted octanol–water partition coefficient (Wildman–Crippen LogP) is 2.61. The van der Waals surface area contributed by atoms with Gasteiger partial charge in [-0.1, -0.05) is 37.3 Å². The smallest absolute Gasteiger partial charge is 0.320 e. The molecule has 0 bridgehead atoms. The molecule has 1 aromatic heterocycles. The summed E-state index contributed by atoms with van der Waals surface area (Å²) >= 11 is 0. The average Bonchev–Trinajstić information content (AvgIpc) is 2.86. The fourth-order valence-corrected chi connectivity index (χ4v) is 1.55. The molecule has 18 heavy (non-hydrogen) atoms. The molecule has 2 rings (SSSR count). The Bertz CT molecular complexity index is 507. The lowest BCUT2D eigenvalue weighted by molar-refractivity contribution is 0.252. The molecule has 5 nitrogen and oxygen atoms in total. The third-order valence-electron chi connectivity index (χ3n) is 2.44. The van der Waals surface area contributed by atoms with Crippen LogP contribution < -0.4 is 10.6 Å². The normalized spacial score (nSPS) is 10.1. The van der Waals surface area contributed by atoms with E-state index in [-0.39, 0.29) is 6.03 Å². The fraction of sp³-hybridized carbons (Fsp3) is 0.231. The largest absolute Gasteiger partial charge is 0.338 e. The molecular formula is C13H16N4O.